The predicted octanol–water partition coefficient (Wildman–Crippen LogP) is 2.50. The molecule has 0 radical (unpaired) electrons. The first-order valence-corrected chi connectivity index (χ1v) is 8.01. The maximum absolute atomic E-state index is 12.4. The molecule has 122 valence electrons. The van der Waals surface area contributed by atoms with E-state index >= 15 is 0 Å². The zero-order chi connectivity index (χ0) is 15.7. The molecular weight excluding hydrogens is 268 g/mol. The number of hydrogen-bond donors (Lipinski definition) is 0. The molecule has 2 aliphatic rings. The summed E-state index contributed by atoms with van der Waals surface area (Å²) in [4.78, 5) is 16.8. The molecule has 0 spiro atoms. The molecule has 5 heteroatoms. The minimum atomic E-state index is -0.436. The van der Waals surface area contributed by atoms with Gasteiger partial charge in [0.25, 0.3) is 0 Å². The van der Waals surface area contributed by atoms with Gasteiger partial charge in [0.05, 0.1) is 13.2 Å². The van der Waals surface area contributed by atoms with E-state index in [1.807, 2.05) is 25.7 Å². The Morgan fingerprint density at radius 1 is 1.19 bits per heavy atom. The van der Waals surface area contributed by atoms with Gasteiger partial charge in [-0.15, -0.1) is 0 Å². The molecule has 0 N–H and O–H groups in total. The van der Waals surface area contributed by atoms with Crippen molar-refractivity contribution in [3.05, 3.63) is 0 Å². The number of carbonyl (C=O) groups is 1. The van der Waals surface area contributed by atoms with Gasteiger partial charge in [0.1, 0.15) is 5.60 Å². The van der Waals surface area contributed by atoms with Crippen LogP contribution in [0.1, 0.15) is 47.5 Å². The number of likely N-dealkylation sites (tertiary alicyclic amines) is 1. The number of morpholine rings is 1. The topological polar surface area (TPSA) is 42.0 Å². The van der Waals surface area contributed by atoms with Crippen LogP contribution in [-0.2, 0) is 9.47 Å². The number of ether oxygens (including phenoxy) is 2. The quantitative estimate of drug-likeness (QED) is 0.746. The highest BCUT2D eigenvalue weighted by atomic mass is 16.6. The summed E-state index contributed by atoms with van der Waals surface area (Å²) in [6.45, 7) is 14.5. The van der Waals surface area contributed by atoms with Gasteiger partial charge in [-0.25, -0.2) is 4.79 Å². The van der Waals surface area contributed by atoms with Crippen LogP contribution in [0.4, 0.5) is 4.79 Å². The average Bonchev–Trinajstić information content (AvgIpc) is 2.36. The summed E-state index contributed by atoms with van der Waals surface area (Å²) < 4.78 is 11.0. The van der Waals surface area contributed by atoms with Crippen LogP contribution in [0, 0.1) is 0 Å². The normalized spacial score (nSPS) is 27.5. The van der Waals surface area contributed by atoms with Crippen molar-refractivity contribution in [2.45, 2.75) is 64.6 Å². The van der Waals surface area contributed by atoms with Crippen LogP contribution in [0.3, 0.4) is 0 Å². The lowest BCUT2D eigenvalue weighted by Gasteiger charge is -2.48. The van der Waals surface area contributed by atoms with Crippen molar-refractivity contribution >= 4 is 6.09 Å². The van der Waals surface area contributed by atoms with Crippen LogP contribution < -0.4 is 0 Å². The molecule has 0 aromatic carbocycles. The maximum Gasteiger partial charge on any atom is 0.410 e. The molecular formula is C16H30N2O3. The van der Waals surface area contributed by atoms with Crippen molar-refractivity contribution in [2.75, 3.05) is 32.8 Å². The standard InChI is InChI=1S/C16H30N2O3/c1-15(2,3)21-14(19)18-7-6-13(12-16(18,4)5)17-8-10-20-11-9-17/h13H,6-12H2,1-5H3. The van der Waals surface area contributed by atoms with E-state index in [0.717, 1.165) is 45.7 Å². The number of amides is 1. The predicted molar refractivity (Wildman–Crippen MR) is 82.4 cm³/mol. The van der Waals surface area contributed by atoms with Gasteiger partial charge >= 0.3 is 6.09 Å². The number of piperidine rings is 1. The zero-order valence-corrected chi connectivity index (χ0v) is 14.1. The highest BCUT2D eigenvalue weighted by molar-refractivity contribution is 5.69. The molecule has 2 heterocycles. The first kappa shape index (κ1) is 16.6. The van der Waals surface area contributed by atoms with E-state index in [0.29, 0.717) is 6.04 Å². The third-order valence-electron chi connectivity index (χ3n) is 4.33. The van der Waals surface area contributed by atoms with Gasteiger partial charge in [-0.2, -0.15) is 0 Å². The van der Waals surface area contributed by atoms with Crippen molar-refractivity contribution in [3.63, 3.8) is 0 Å². The minimum Gasteiger partial charge on any atom is -0.444 e. The highest BCUT2D eigenvalue weighted by Gasteiger charge is 2.41. The van der Waals surface area contributed by atoms with E-state index in [-0.39, 0.29) is 11.6 Å². The molecule has 1 unspecified atom stereocenters. The molecule has 2 saturated heterocycles. The van der Waals surface area contributed by atoms with E-state index in [1.54, 1.807) is 0 Å². The lowest BCUT2D eigenvalue weighted by Crippen LogP contribution is -2.59. The fourth-order valence-electron chi connectivity index (χ4n) is 3.28. The van der Waals surface area contributed by atoms with Crippen LogP contribution in [0.5, 0.6) is 0 Å². The summed E-state index contributed by atoms with van der Waals surface area (Å²) in [5, 5.41) is 0. The van der Waals surface area contributed by atoms with Crippen LogP contribution in [0.2, 0.25) is 0 Å². The van der Waals surface area contributed by atoms with Gasteiger partial charge < -0.3 is 14.4 Å². The molecule has 0 aliphatic carbocycles. The van der Waals surface area contributed by atoms with Gasteiger partial charge in [-0.05, 0) is 47.5 Å². The zero-order valence-electron chi connectivity index (χ0n) is 14.1. The molecule has 0 aromatic heterocycles. The summed E-state index contributed by atoms with van der Waals surface area (Å²) in [5.74, 6) is 0. The molecule has 5 nitrogen and oxygen atoms in total. The van der Waals surface area contributed by atoms with Crippen molar-refractivity contribution in [2.24, 2.45) is 0 Å². The molecule has 2 rings (SSSR count). The number of hydrogen-bond acceptors (Lipinski definition) is 4. The summed E-state index contributed by atoms with van der Waals surface area (Å²) >= 11 is 0. The van der Waals surface area contributed by atoms with E-state index in [9.17, 15) is 4.79 Å². The summed E-state index contributed by atoms with van der Waals surface area (Å²) in [7, 11) is 0. The Hall–Kier alpha value is -0.810. The molecule has 2 aliphatic heterocycles. The lowest BCUT2D eigenvalue weighted by molar-refractivity contribution is -0.0406. The second-order valence-corrected chi connectivity index (χ2v) is 7.74. The Balaban J connectivity index is 1.97. The van der Waals surface area contributed by atoms with Gasteiger partial charge in [0, 0.05) is 31.2 Å². The minimum absolute atomic E-state index is 0.163. The smallest absolute Gasteiger partial charge is 0.410 e. The Kier molecular flexibility index (Phi) is 4.83. The molecule has 0 saturated carbocycles. The molecule has 0 bridgehead atoms. The van der Waals surface area contributed by atoms with Gasteiger partial charge in [-0.3, -0.25) is 4.90 Å². The first-order valence-electron chi connectivity index (χ1n) is 8.01. The molecule has 21 heavy (non-hydrogen) atoms. The van der Waals surface area contributed by atoms with Crippen molar-refractivity contribution in [1.29, 1.82) is 0 Å². The number of carbonyl (C=O) groups excluding carboxylic acids is 1. The summed E-state index contributed by atoms with van der Waals surface area (Å²) in [6.07, 6.45) is 1.82. The van der Waals surface area contributed by atoms with E-state index in [1.165, 1.54) is 0 Å². The lowest BCUT2D eigenvalue weighted by atomic mass is 9.86. The third-order valence-corrected chi connectivity index (χ3v) is 4.33. The van der Waals surface area contributed by atoms with E-state index in [2.05, 4.69) is 18.7 Å². The number of rotatable bonds is 1. The SMILES string of the molecule is CC(C)(C)OC(=O)N1CCC(N2CCOCC2)CC1(C)C. The van der Waals surface area contributed by atoms with E-state index < -0.39 is 5.60 Å². The van der Waals surface area contributed by atoms with E-state index in [4.69, 9.17) is 9.47 Å². The second-order valence-electron chi connectivity index (χ2n) is 7.74. The Labute approximate surface area is 128 Å². The third kappa shape index (κ3) is 4.33. The molecule has 0 aromatic rings. The Bertz CT molecular complexity index is 370. The number of nitrogens with zero attached hydrogens (tertiary/aromatic N) is 2. The Morgan fingerprint density at radius 3 is 2.33 bits per heavy atom. The van der Waals surface area contributed by atoms with Crippen LogP contribution in [-0.4, -0.2) is 65.9 Å². The average molecular weight is 298 g/mol. The second kappa shape index (κ2) is 6.13. The first-order chi connectivity index (χ1) is 9.69. The van der Waals surface area contributed by atoms with Gasteiger partial charge in [0.15, 0.2) is 0 Å². The fourth-order valence-corrected chi connectivity index (χ4v) is 3.28. The molecule has 1 amide bonds. The highest BCUT2D eigenvalue weighted by Crippen LogP contribution is 2.32. The van der Waals surface area contributed by atoms with Crippen molar-refractivity contribution in [1.82, 2.24) is 9.80 Å². The van der Waals surface area contributed by atoms with Crippen LogP contribution >= 0.6 is 0 Å². The van der Waals surface area contributed by atoms with Gasteiger partial charge in [-0.1, -0.05) is 0 Å². The maximum atomic E-state index is 12.4. The van der Waals surface area contributed by atoms with Crippen LogP contribution in [0.15, 0.2) is 0 Å². The Morgan fingerprint density at radius 2 is 1.81 bits per heavy atom. The van der Waals surface area contributed by atoms with Crippen molar-refractivity contribution < 1.29 is 14.3 Å². The summed E-state index contributed by atoms with van der Waals surface area (Å²) in [6, 6.07) is 0.544. The van der Waals surface area contributed by atoms with Gasteiger partial charge in [0.2, 0.25) is 0 Å². The van der Waals surface area contributed by atoms with Crippen LogP contribution in [0.25, 0.3) is 0 Å². The molecule has 1 atom stereocenters. The van der Waals surface area contributed by atoms with Crippen molar-refractivity contribution in [3.8, 4) is 0 Å². The largest absolute Gasteiger partial charge is 0.444 e. The molecule has 2 fully saturated rings. The fraction of sp³-hybridized carbons (Fsp3) is 0.938. The summed E-state index contributed by atoms with van der Waals surface area (Å²) in [5.41, 5.74) is -0.599. The monoisotopic (exact) mass is 298 g/mol.